The monoisotopic (exact) mass is 364 g/mol. The second kappa shape index (κ2) is 6.91. The third-order valence-corrected chi connectivity index (χ3v) is 5.04. The van der Waals surface area contributed by atoms with Gasteiger partial charge in [-0.1, -0.05) is 6.07 Å². The van der Waals surface area contributed by atoms with E-state index in [-0.39, 0.29) is 12.2 Å². The molecule has 0 saturated heterocycles. The lowest BCUT2D eigenvalue weighted by molar-refractivity contribution is 0.0600. The van der Waals surface area contributed by atoms with Gasteiger partial charge in [0.05, 0.1) is 12.7 Å². The van der Waals surface area contributed by atoms with E-state index in [1.54, 1.807) is 12.1 Å². The Morgan fingerprint density at radius 2 is 1.89 bits per heavy atom. The van der Waals surface area contributed by atoms with E-state index in [0.717, 1.165) is 35.8 Å². The highest BCUT2D eigenvalue weighted by Crippen LogP contribution is 2.29. The normalized spacial score (nSPS) is 12.8. The second-order valence-electron chi connectivity index (χ2n) is 6.82. The van der Waals surface area contributed by atoms with E-state index >= 15 is 0 Å². The molecule has 0 spiro atoms. The maximum Gasteiger partial charge on any atom is 0.337 e. The van der Waals surface area contributed by atoms with Crippen molar-refractivity contribution in [3.05, 3.63) is 74.6 Å². The predicted molar refractivity (Wildman–Crippen MR) is 101 cm³/mol. The molecular formula is C22H20O5. The fourth-order valence-electron chi connectivity index (χ4n) is 3.57. The lowest BCUT2D eigenvalue weighted by Crippen LogP contribution is -2.06. The maximum absolute atomic E-state index is 12.0. The van der Waals surface area contributed by atoms with Crippen LogP contribution in [0.2, 0.25) is 0 Å². The van der Waals surface area contributed by atoms with Gasteiger partial charge in [-0.3, -0.25) is 0 Å². The van der Waals surface area contributed by atoms with Crippen LogP contribution in [0.25, 0.3) is 11.0 Å². The number of aryl methyl sites for hydroxylation is 3. The highest BCUT2D eigenvalue weighted by atomic mass is 16.5. The molecule has 2 aromatic carbocycles. The molecule has 0 fully saturated rings. The van der Waals surface area contributed by atoms with Crippen LogP contribution in [0.5, 0.6) is 5.75 Å². The molecule has 0 amide bonds. The Kier molecular flexibility index (Phi) is 4.44. The van der Waals surface area contributed by atoms with Crippen molar-refractivity contribution in [1.82, 2.24) is 0 Å². The van der Waals surface area contributed by atoms with Gasteiger partial charge in [0.15, 0.2) is 0 Å². The minimum atomic E-state index is -0.416. The summed E-state index contributed by atoms with van der Waals surface area (Å²) in [5.74, 6) is 0.168. The maximum atomic E-state index is 12.0. The number of methoxy groups -OCH3 is 1. The second-order valence-corrected chi connectivity index (χ2v) is 6.82. The van der Waals surface area contributed by atoms with Gasteiger partial charge in [0.1, 0.15) is 17.9 Å². The van der Waals surface area contributed by atoms with Gasteiger partial charge in [0.25, 0.3) is 0 Å². The standard InChI is InChI=1S/C22H20O5/c1-13-6-7-16(22(24)25-2)10-19(13)26-12-17-11-21(23)27-20-9-15-5-3-4-14(15)8-18(17)20/h6-11H,3-5,12H2,1-2H3. The molecule has 1 heterocycles. The molecule has 0 saturated carbocycles. The van der Waals surface area contributed by atoms with Crippen LogP contribution in [0.15, 0.2) is 45.6 Å². The average Bonchev–Trinajstić information content (AvgIpc) is 3.12. The first kappa shape index (κ1) is 17.3. The molecule has 1 aliphatic carbocycles. The molecule has 0 N–H and O–H groups in total. The number of hydrogen-bond donors (Lipinski definition) is 0. The van der Waals surface area contributed by atoms with Crippen molar-refractivity contribution in [3.63, 3.8) is 0 Å². The smallest absolute Gasteiger partial charge is 0.337 e. The Balaban J connectivity index is 1.68. The first-order valence-electron chi connectivity index (χ1n) is 8.95. The van der Waals surface area contributed by atoms with Crippen LogP contribution in [0.4, 0.5) is 0 Å². The zero-order chi connectivity index (χ0) is 19.0. The number of carbonyl (C=O) groups excluding carboxylic acids is 1. The lowest BCUT2D eigenvalue weighted by Gasteiger charge is -2.12. The number of esters is 1. The van der Waals surface area contributed by atoms with Gasteiger partial charge in [-0.05, 0) is 67.1 Å². The molecule has 0 unspecified atom stereocenters. The Hall–Kier alpha value is -3.08. The summed E-state index contributed by atoms with van der Waals surface area (Å²) in [4.78, 5) is 23.7. The quantitative estimate of drug-likeness (QED) is 0.518. The Morgan fingerprint density at radius 1 is 1.11 bits per heavy atom. The highest BCUT2D eigenvalue weighted by Gasteiger charge is 2.16. The number of ether oxygens (including phenoxy) is 2. The Bertz CT molecular complexity index is 1090. The van der Waals surface area contributed by atoms with E-state index in [1.807, 2.05) is 19.1 Å². The van der Waals surface area contributed by atoms with Crippen LogP contribution < -0.4 is 10.4 Å². The van der Waals surface area contributed by atoms with Crippen LogP contribution >= 0.6 is 0 Å². The van der Waals surface area contributed by atoms with Gasteiger partial charge in [-0.15, -0.1) is 0 Å². The van der Waals surface area contributed by atoms with E-state index in [4.69, 9.17) is 13.9 Å². The van der Waals surface area contributed by atoms with Crippen molar-refractivity contribution in [2.45, 2.75) is 32.8 Å². The van der Waals surface area contributed by atoms with E-state index in [0.29, 0.717) is 16.9 Å². The number of fused-ring (bicyclic) bond motifs is 2. The van der Waals surface area contributed by atoms with Crippen molar-refractivity contribution in [2.75, 3.05) is 7.11 Å². The van der Waals surface area contributed by atoms with Crippen molar-refractivity contribution < 1.29 is 18.7 Å². The molecule has 1 aromatic heterocycles. The number of benzene rings is 2. The number of carbonyl (C=O) groups is 1. The zero-order valence-corrected chi connectivity index (χ0v) is 15.3. The van der Waals surface area contributed by atoms with Crippen LogP contribution in [-0.2, 0) is 24.2 Å². The summed E-state index contributed by atoms with van der Waals surface area (Å²) >= 11 is 0. The summed E-state index contributed by atoms with van der Waals surface area (Å²) in [6.07, 6.45) is 3.20. The SMILES string of the molecule is COC(=O)c1ccc(C)c(OCc2cc(=O)oc3cc4c(cc23)CCC4)c1. The van der Waals surface area contributed by atoms with Crippen LogP contribution in [-0.4, -0.2) is 13.1 Å². The van der Waals surface area contributed by atoms with Crippen molar-refractivity contribution in [3.8, 4) is 5.75 Å². The summed E-state index contributed by atoms with van der Waals surface area (Å²) < 4.78 is 16.1. The molecule has 5 nitrogen and oxygen atoms in total. The summed E-state index contributed by atoms with van der Waals surface area (Å²) in [7, 11) is 1.34. The van der Waals surface area contributed by atoms with Crippen LogP contribution in [0.1, 0.15) is 39.0 Å². The Morgan fingerprint density at radius 3 is 2.67 bits per heavy atom. The molecular weight excluding hydrogens is 344 g/mol. The molecule has 0 aliphatic heterocycles. The van der Waals surface area contributed by atoms with Gasteiger partial charge in [-0.25, -0.2) is 9.59 Å². The summed E-state index contributed by atoms with van der Waals surface area (Å²) in [5.41, 5.74) is 4.87. The molecule has 0 atom stereocenters. The molecule has 1 aliphatic rings. The first-order valence-corrected chi connectivity index (χ1v) is 8.95. The minimum Gasteiger partial charge on any atom is -0.489 e. The molecule has 138 valence electrons. The largest absolute Gasteiger partial charge is 0.489 e. The average molecular weight is 364 g/mol. The third kappa shape index (κ3) is 3.33. The van der Waals surface area contributed by atoms with Crippen LogP contribution in [0.3, 0.4) is 0 Å². The summed E-state index contributed by atoms with van der Waals surface area (Å²) in [5, 5.41) is 0.900. The molecule has 0 bridgehead atoms. The van der Waals surface area contributed by atoms with E-state index < -0.39 is 5.97 Å². The predicted octanol–water partition coefficient (Wildman–Crippen LogP) is 3.96. The van der Waals surface area contributed by atoms with Gasteiger partial charge in [-0.2, -0.15) is 0 Å². The van der Waals surface area contributed by atoms with Crippen molar-refractivity contribution >= 4 is 16.9 Å². The van der Waals surface area contributed by atoms with Gasteiger partial charge in [0.2, 0.25) is 0 Å². The molecule has 27 heavy (non-hydrogen) atoms. The van der Waals surface area contributed by atoms with Gasteiger partial charge in [0, 0.05) is 17.0 Å². The molecule has 4 rings (SSSR count). The van der Waals surface area contributed by atoms with Gasteiger partial charge >= 0.3 is 11.6 Å². The van der Waals surface area contributed by atoms with E-state index in [2.05, 4.69) is 6.07 Å². The lowest BCUT2D eigenvalue weighted by atomic mass is 10.0. The fraction of sp³-hybridized carbons (Fsp3) is 0.273. The summed E-state index contributed by atoms with van der Waals surface area (Å²) in [6, 6.07) is 10.7. The summed E-state index contributed by atoms with van der Waals surface area (Å²) in [6.45, 7) is 2.12. The minimum absolute atomic E-state index is 0.215. The molecule has 0 radical (unpaired) electrons. The fourth-order valence-corrected chi connectivity index (χ4v) is 3.57. The van der Waals surface area contributed by atoms with Gasteiger partial charge < -0.3 is 13.9 Å². The zero-order valence-electron chi connectivity index (χ0n) is 15.3. The number of rotatable bonds is 4. The number of hydrogen-bond acceptors (Lipinski definition) is 5. The Labute approximate surface area is 156 Å². The van der Waals surface area contributed by atoms with Crippen molar-refractivity contribution in [1.29, 1.82) is 0 Å². The third-order valence-electron chi connectivity index (χ3n) is 5.04. The van der Waals surface area contributed by atoms with Crippen molar-refractivity contribution in [2.24, 2.45) is 0 Å². The van der Waals surface area contributed by atoms with Crippen LogP contribution in [0, 0.1) is 6.92 Å². The molecule has 3 aromatic rings. The van der Waals surface area contributed by atoms with E-state index in [1.165, 1.54) is 24.3 Å². The van der Waals surface area contributed by atoms with E-state index in [9.17, 15) is 9.59 Å². The topological polar surface area (TPSA) is 65.7 Å². The first-order chi connectivity index (χ1) is 13.0. The molecule has 5 heteroatoms. The highest BCUT2D eigenvalue weighted by molar-refractivity contribution is 5.90.